The highest BCUT2D eigenvalue weighted by Crippen LogP contribution is 2.44. The number of fused-ring (bicyclic) bond motifs is 1. The van der Waals surface area contributed by atoms with Crippen LogP contribution in [0.4, 0.5) is 4.39 Å². The van der Waals surface area contributed by atoms with E-state index in [2.05, 4.69) is 0 Å². The van der Waals surface area contributed by atoms with Crippen molar-refractivity contribution in [2.24, 2.45) is 11.3 Å². The van der Waals surface area contributed by atoms with Gasteiger partial charge in [-0.2, -0.15) is 0 Å². The highest BCUT2D eigenvalue weighted by molar-refractivity contribution is 7.88. The zero-order chi connectivity index (χ0) is 17.7. The van der Waals surface area contributed by atoms with Crippen LogP contribution in [0.5, 0.6) is 0 Å². The molecule has 0 saturated carbocycles. The third kappa shape index (κ3) is 2.94. The molecule has 8 heteroatoms. The maximum atomic E-state index is 14.0. The Morgan fingerprint density at radius 2 is 2.08 bits per heavy atom. The Hall–Kier alpha value is -1.51. The predicted molar refractivity (Wildman–Crippen MR) is 86.4 cm³/mol. The summed E-state index contributed by atoms with van der Waals surface area (Å²) in [5.74, 6) is -1.56. The van der Waals surface area contributed by atoms with E-state index in [-0.39, 0.29) is 31.4 Å². The first kappa shape index (κ1) is 17.3. The van der Waals surface area contributed by atoms with Gasteiger partial charge in [0.15, 0.2) is 0 Å². The molecule has 2 saturated heterocycles. The summed E-state index contributed by atoms with van der Waals surface area (Å²) >= 11 is 0. The molecule has 2 aliphatic rings. The van der Waals surface area contributed by atoms with Crippen molar-refractivity contribution < 1.29 is 22.7 Å². The van der Waals surface area contributed by atoms with Crippen LogP contribution in [0.25, 0.3) is 0 Å². The van der Waals surface area contributed by atoms with Gasteiger partial charge in [0.1, 0.15) is 5.82 Å². The summed E-state index contributed by atoms with van der Waals surface area (Å²) in [7, 11) is -3.41. The van der Waals surface area contributed by atoms with Crippen LogP contribution in [0.3, 0.4) is 0 Å². The van der Waals surface area contributed by atoms with Crippen LogP contribution in [-0.4, -0.2) is 61.1 Å². The van der Waals surface area contributed by atoms with Crippen molar-refractivity contribution in [2.45, 2.75) is 13.5 Å². The summed E-state index contributed by atoms with van der Waals surface area (Å²) in [4.78, 5) is 13.8. The molecule has 1 aromatic rings. The summed E-state index contributed by atoms with van der Waals surface area (Å²) in [6.07, 6.45) is 1.10. The molecule has 2 fully saturated rings. The van der Waals surface area contributed by atoms with Crippen molar-refractivity contribution in [3.8, 4) is 0 Å². The van der Waals surface area contributed by atoms with Crippen LogP contribution in [0.2, 0.25) is 0 Å². The Morgan fingerprint density at radius 1 is 1.38 bits per heavy atom. The van der Waals surface area contributed by atoms with Gasteiger partial charge < -0.3 is 5.11 Å². The topological polar surface area (TPSA) is 77.9 Å². The van der Waals surface area contributed by atoms with E-state index in [1.807, 2.05) is 17.9 Å². The molecule has 0 aromatic heterocycles. The van der Waals surface area contributed by atoms with Crippen molar-refractivity contribution in [3.63, 3.8) is 0 Å². The number of rotatable bonds is 4. The molecule has 0 spiro atoms. The first-order valence-corrected chi connectivity index (χ1v) is 9.62. The Balaban J connectivity index is 1.79. The molecule has 0 radical (unpaired) electrons. The molecule has 1 N–H and O–H groups in total. The van der Waals surface area contributed by atoms with Gasteiger partial charge in [0.05, 0.1) is 11.7 Å². The average molecular weight is 356 g/mol. The maximum Gasteiger partial charge on any atom is 0.312 e. The number of halogens is 1. The fourth-order valence-electron chi connectivity index (χ4n) is 3.82. The smallest absolute Gasteiger partial charge is 0.312 e. The molecule has 1 aromatic carbocycles. The van der Waals surface area contributed by atoms with Crippen molar-refractivity contribution in [3.05, 3.63) is 35.1 Å². The minimum atomic E-state index is -3.41. The number of carboxylic acids is 1. The van der Waals surface area contributed by atoms with Crippen LogP contribution in [0.1, 0.15) is 11.1 Å². The van der Waals surface area contributed by atoms with Gasteiger partial charge in [0.25, 0.3) is 0 Å². The van der Waals surface area contributed by atoms with Crippen LogP contribution < -0.4 is 0 Å². The molecule has 2 atom stereocenters. The van der Waals surface area contributed by atoms with Crippen LogP contribution >= 0.6 is 0 Å². The number of aliphatic carboxylic acids is 1. The lowest BCUT2D eigenvalue weighted by Crippen LogP contribution is -2.41. The zero-order valence-corrected chi connectivity index (χ0v) is 14.5. The molecule has 0 bridgehead atoms. The van der Waals surface area contributed by atoms with Gasteiger partial charge in [-0.1, -0.05) is 12.1 Å². The van der Waals surface area contributed by atoms with Gasteiger partial charge in [-0.3, -0.25) is 9.69 Å². The zero-order valence-electron chi connectivity index (χ0n) is 13.7. The first-order chi connectivity index (χ1) is 11.1. The molecule has 6 nitrogen and oxygen atoms in total. The summed E-state index contributed by atoms with van der Waals surface area (Å²) in [5, 5.41) is 9.71. The molecular weight excluding hydrogens is 335 g/mol. The van der Waals surface area contributed by atoms with Gasteiger partial charge in [0.2, 0.25) is 10.0 Å². The van der Waals surface area contributed by atoms with Crippen molar-refractivity contribution >= 4 is 16.0 Å². The number of aryl methyl sites for hydroxylation is 1. The van der Waals surface area contributed by atoms with Crippen LogP contribution in [0.15, 0.2) is 18.2 Å². The molecule has 0 unspecified atom stereocenters. The van der Waals surface area contributed by atoms with E-state index in [1.54, 1.807) is 6.07 Å². The summed E-state index contributed by atoms with van der Waals surface area (Å²) < 4.78 is 38.8. The second-order valence-corrected chi connectivity index (χ2v) is 8.96. The number of hydrogen-bond acceptors (Lipinski definition) is 4. The monoisotopic (exact) mass is 356 g/mol. The van der Waals surface area contributed by atoms with E-state index in [4.69, 9.17) is 0 Å². The second kappa shape index (κ2) is 5.79. The minimum Gasteiger partial charge on any atom is -0.481 e. The summed E-state index contributed by atoms with van der Waals surface area (Å²) in [5.41, 5.74) is 0.256. The van der Waals surface area contributed by atoms with E-state index in [0.717, 1.165) is 11.8 Å². The Kier molecular flexibility index (Phi) is 4.17. The van der Waals surface area contributed by atoms with E-state index < -0.39 is 21.4 Å². The molecule has 2 heterocycles. The summed E-state index contributed by atoms with van der Waals surface area (Å²) in [6, 6.07) is 5.01. The molecule has 0 amide bonds. The molecular formula is C16H21FN2O4S. The van der Waals surface area contributed by atoms with E-state index >= 15 is 0 Å². The fourth-order valence-corrected chi connectivity index (χ4v) is 4.74. The maximum absolute atomic E-state index is 14.0. The molecule has 2 aliphatic heterocycles. The fraction of sp³-hybridized carbons (Fsp3) is 0.562. The number of sulfonamides is 1. The largest absolute Gasteiger partial charge is 0.481 e. The van der Waals surface area contributed by atoms with Crippen molar-refractivity contribution in [1.82, 2.24) is 9.21 Å². The molecule has 3 rings (SSSR count). The van der Waals surface area contributed by atoms with Gasteiger partial charge in [-0.25, -0.2) is 17.1 Å². The Labute approximate surface area is 140 Å². The number of likely N-dealkylation sites (tertiary alicyclic amines) is 1. The van der Waals surface area contributed by atoms with Gasteiger partial charge >= 0.3 is 5.97 Å². The minimum absolute atomic E-state index is 0.0152. The van der Waals surface area contributed by atoms with Crippen LogP contribution in [0, 0.1) is 24.1 Å². The predicted octanol–water partition coefficient (Wildman–Crippen LogP) is 0.912. The lowest BCUT2D eigenvalue weighted by molar-refractivity contribution is -0.148. The molecule has 0 aliphatic carbocycles. The third-order valence-corrected chi connectivity index (χ3v) is 6.36. The lowest BCUT2D eigenvalue weighted by atomic mass is 9.81. The second-order valence-electron chi connectivity index (χ2n) is 6.98. The number of carbonyl (C=O) groups is 1. The van der Waals surface area contributed by atoms with Crippen LogP contribution in [-0.2, 0) is 21.4 Å². The van der Waals surface area contributed by atoms with E-state index in [9.17, 15) is 22.7 Å². The lowest BCUT2D eigenvalue weighted by Gasteiger charge is -2.24. The van der Waals surface area contributed by atoms with Gasteiger partial charge in [-0.15, -0.1) is 0 Å². The standard InChI is InChI=1S/C16H21FN2O4S/c1-11-3-4-12(14(17)5-11)6-18-7-13-8-19(24(2,22)23)10-16(13,9-18)15(20)21/h3-5,13H,6-10H2,1-2H3,(H,20,21)/t13-,16-/m0/s1. The quantitative estimate of drug-likeness (QED) is 0.868. The molecule has 132 valence electrons. The van der Waals surface area contributed by atoms with E-state index in [0.29, 0.717) is 18.7 Å². The average Bonchev–Trinajstić information content (AvgIpc) is 2.96. The highest BCUT2D eigenvalue weighted by atomic mass is 32.2. The van der Waals surface area contributed by atoms with Crippen molar-refractivity contribution in [1.29, 1.82) is 0 Å². The normalized spacial score (nSPS) is 28.2. The van der Waals surface area contributed by atoms with Gasteiger partial charge in [-0.05, 0) is 18.6 Å². The number of nitrogens with zero attached hydrogens (tertiary/aromatic N) is 2. The SMILES string of the molecule is Cc1ccc(CN2C[C@H]3CN(S(C)(=O)=O)C[C@@]3(C(=O)O)C2)c(F)c1. The first-order valence-electron chi connectivity index (χ1n) is 7.78. The Bertz CT molecular complexity index is 782. The van der Waals surface area contributed by atoms with Crippen molar-refractivity contribution in [2.75, 3.05) is 32.4 Å². The third-order valence-electron chi connectivity index (χ3n) is 5.15. The molecule has 24 heavy (non-hydrogen) atoms. The van der Waals surface area contributed by atoms with E-state index in [1.165, 1.54) is 10.4 Å². The number of benzene rings is 1. The highest BCUT2D eigenvalue weighted by Gasteiger charge is 2.59. The Morgan fingerprint density at radius 3 is 2.62 bits per heavy atom. The number of carboxylic acid groups (broad SMARTS) is 1. The van der Waals surface area contributed by atoms with Gasteiger partial charge in [0, 0.05) is 44.2 Å². The number of hydrogen-bond donors (Lipinski definition) is 1. The summed E-state index contributed by atoms with van der Waals surface area (Å²) in [6.45, 7) is 3.01.